The summed E-state index contributed by atoms with van der Waals surface area (Å²) in [4.78, 5) is 0. The Morgan fingerprint density at radius 3 is 1.44 bits per heavy atom. The molecule has 2 aliphatic carbocycles. The molecule has 0 unspecified atom stereocenters. The third-order valence-electron chi connectivity index (χ3n) is 6.47. The lowest BCUT2D eigenvalue weighted by Gasteiger charge is -2.30. The van der Waals surface area contributed by atoms with Gasteiger partial charge in [-0.15, -0.1) is 0 Å². The highest BCUT2D eigenvalue weighted by Gasteiger charge is 2.51. The van der Waals surface area contributed by atoms with Gasteiger partial charge in [0.1, 0.15) is 0 Å². The van der Waals surface area contributed by atoms with Crippen molar-refractivity contribution < 1.29 is 0 Å². The standard InChI is InChI=1S/C27H20/c1-2-18-15-16-22-21-11-5-8-14-25(21)27(26(22)17-18)23-12-6-3-9-19(23)20-10-4-7-13-24(20)27/h3-17H,2H2,1H3. The molecule has 0 saturated heterocycles. The maximum Gasteiger partial charge on any atom is 0.0725 e. The van der Waals surface area contributed by atoms with Crippen LogP contribution in [0.2, 0.25) is 0 Å². The molecule has 4 aromatic carbocycles. The molecule has 0 fully saturated rings. The number of aryl methyl sites for hydroxylation is 1. The topological polar surface area (TPSA) is 0 Å². The quantitative estimate of drug-likeness (QED) is 0.315. The van der Waals surface area contributed by atoms with Crippen molar-refractivity contribution >= 4 is 0 Å². The van der Waals surface area contributed by atoms with E-state index in [1.165, 1.54) is 50.1 Å². The molecule has 0 heterocycles. The van der Waals surface area contributed by atoms with Crippen LogP contribution in [0.15, 0.2) is 91.0 Å². The predicted octanol–water partition coefficient (Wildman–Crippen LogP) is 6.59. The van der Waals surface area contributed by atoms with Gasteiger partial charge in [-0.2, -0.15) is 0 Å². The minimum Gasteiger partial charge on any atom is -0.0619 e. The van der Waals surface area contributed by atoms with Crippen molar-refractivity contribution in [3.05, 3.63) is 119 Å². The summed E-state index contributed by atoms with van der Waals surface area (Å²) in [5, 5.41) is 0. The second-order valence-electron chi connectivity index (χ2n) is 7.62. The van der Waals surface area contributed by atoms with E-state index in [1.807, 2.05) is 0 Å². The van der Waals surface area contributed by atoms with Gasteiger partial charge in [0.25, 0.3) is 0 Å². The molecule has 0 amide bonds. The predicted molar refractivity (Wildman–Crippen MR) is 112 cm³/mol. The van der Waals surface area contributed by atoms with Crippen LogP contribution in [0.3, 0.4) is 0 Å². The number of benzene rings is 4. The maximum absolute atomic E-state index is 2.45. The van der Waals surface area contributed by atoms with Gasteiger partial charge in [0, 0.05) is 0 Å². The number of rotatable bonds is 1. The van der Waals surface area contributed by atoms with Crippen molar-refractivity contribution in [2.75, 3.05) is 0 Å². The Morgan fingerprint density at radius 2 is 0.963 bits per heavy atom. The Hall–Kier alpha value is -3.12. The summed E-state index contributed by atoms with van der Waals surface area (Å²) in [6, 6.07) is 34.0. The van der Waals surface area contributed by atoms with E-state index in [9.17, 15) is 0 Å². The highest BCUT2D eigenvalue weighted by molar-refractivity contribution is 5.94. The summed E-state index contributed by atoms with van der Waals surface area (Å²) in [5.41, 5.74) is 12.4. The van der Waals surface area contributed by atoms with Crippen molar-refractivity contribution in [1.29, 1.82) is 0 Å². The molecule has 0 aliphatic heterocycles. The van der Waals surface area contributed by atoms with Gasteiger partial charge in [0.2, 0.25) is 0 Å². The normalized spacial score (nSPS) is 14.6. The molecule has 0 aromatic heterocycles. The zero-order chi connectivity index (χ0) is 18.0. The van der Waals surface area contributed by atoms with Gasteiger partial charge in [-0.3, -0.25) is 0 Å². The van der Waals surface area contributed by atoms with E-state index in [0.717, 1.165) is 6.42 Å². The number of hydrogen-bond acceptors (Lipinski definition) is 0. The van der Waals surface area contributed by atoms with Gasteiger partial charge < -0.3 is 0 Å². The molecular weight excluding hydrogens is 324 g/mol. The fourth-order valence-electron chi connectivity index (χ4n) is 5.36. The SMILES string of the molecule is CCc1ccc2c(c1)C1(c3ccccc3-c3ccccc31)c1ccccc1-2. The van der Waals surface area contributed by atoms with Crippen LogP contribution in [-0.2, 0) is 11.8 Å². The summed E-state index contributed by atoms with van der Waals surface area (Å²) in [7, 11) is 0. The second-order valence-corrected chi connectivity index (χ2v) is 7.62. The first kappa shape index (κ1) is 15.0. The van der Waals surface area contributed by atoms with Crippen LogP contribution in [0.25, 0.3) is 22.3 Å². The van der Waals surface area contributed by atoms with Gasteiger partial charge in [-0.05, 0) is 56.5 Å². The van der Waals surface area contributed by atoms with E-state index in [2.05, 4.69) is 97.9 Å². The third-order valence-corrected chi connectivity index (χ3v) is 6.47. The zero-order valence-electron chi connectivity index (χ0n) is 15.4. The van der Waals surface area contributed by atoms with E-state index >= 15 is 0 Å². The molecule has 4 aromatic rings. The summed E-state index contributed by atoms with van der Waals surface area (Å²) < 4.78 is 0. The summed E-state index contributed by atoms with van der Waals surface area (Å²) in [6.45, 7) is 2.24. The third kappa shape index (κ3) is 1.69. The van der Waals surface area contributed by atoms with Crippen LogP contribution in [0.1, 0.15) is 34.7 Å². The van der Waals surface area contributed by atoms with Gasteiger partial charge in [-0.25, -0.2) is 0 Å². The van der Waals surface area contributed by atoms with Gasteiger partial charge >= 0.3 is 0 Å². The first-order valence-electron chi connectivity index (χ1n) is 9.78. The second kappa shape index (κ2) is 5.20. The zero-order valence-corrected chi connectivity index (χ0v) is 15.4. The van der Waals surface area contributed by atoms with Crippen molar-refractivity contribution in [3.63, 3.8) is 0 Å². The fourth-order valence-corrected chi connectivity index (χ4v) is 5.36. The van der Waals surface area contributed by atoms with Crippen molar-refractivity contribution in [1.82, 2.24) is 0 Å². The molecule has 128 valence electrons. The fraction of sp³-hybridized carbons (Fsp3) is 0.111. The average molecular weight is 344 g/mol. The van der Waals surface area contributed by atoms with E-state index in [4.69, 9.17) is 0 Å². The van der Waals surface area contributed by atoms with Crippen LogP contribution in [0, 0.1) is 0 Å². The molecule has 0 N–H and O–H groups in total. The van der Waals surface area contributed by atoms with Gasteiger partial charge in [0.05, 0.1) is 5.41 Å². The molecule has 6 rings (SSSR count). The molecule has 0 atom stereocenters. The molecule has 1 spiro atoms. The molecule has 0 nitrogen and oxygen atoms in total. The Bertz CT molecular complexity index is 1150. The summed E-state index contributed by atoms with van der Waals surface area (Å²) in [5.74, 6) is 0. The molecule has 27 heavy (non-hydrogen) atoms. The number of hydrogen-bond donors (Lipinski definition) is 0. The minimum absolute atomic E-state index is 0.190. The van der Waals surface area contributed by atoms with E-state index in [0.29, 0.717) is 0 Å². The Balaban J connectivity index is 1.85. The van der Waals surface area contributed by atoms with Crippen LogP contribution in [0.4, 0.5) is 0 Å². The first-order chi connectivity index (χ1) is 13.4. The van der Waals surface area contributed by atoms with Gasteiger partial charge in [-0.1, -0.05) is 97.9 Å². The van der Waals surface area contributed by atoms with Crippen molar-refractivity contribution in [2.24, 2.45) is 0 Å². The molecular formula is C27H20. The van der Waals surface area contributed by atoms with E-state index < -0.39 is 0 Å². The molecule has 2 aliphatic rings. The lowest BCUT2D eigenvalue weighted by atomic mass is 9.70. The maximum atomic E-state index is 2.45. The molecule has 0 heteroatoms. The Kier molecular flexibility index (Phi) is 2.89. The van der Waals surface area contributed by atoms with E-state index in [1.54, 1.807) is 0 Å². The monoisotopic (exact) mass is 344 g/mol. The average Bonchev–Trinajstić information content (AvgIpc) is 3.21. The highest BCUT2D eigenvalue weighted by Crippen LogP contribution is 2.62. The van der Waals surface area contributed by atoms with Gasteiger partial charge in [0.15, 0.2) is 0 Å². The highest BCUT2D eigenvalue weighted by atomic mass is 14.5. The smallest absolute Gasteiger partial charge is 0.0619 e. The molecule has 0 radical (unpaired) electrons. The lowest BCUT2D eigenvalue weighted by molar-refractivity contribution is 0.791. The molecule has 0 saturated carbocycles. The van der Waals surface area contributed by atoms with Crippen LogP contribution >= 0.6 is 0 Å². The summed E-state index contributed by atoms with van der Waals surface area (Å²) in [6.07, 6.45) is 1.06. The first-order valence-corrected chi connectivity index (χ1v) is 9.78. The Morgan fingerprint density at radius 1 is 0.519 bits per heavy atom. The number of fused-ring (bicyclic) bond motifs is 10. The Labute approximate surface area is 160 Å². The van der Waals surface area contributed by atoms with Crippen molar-refractivity contribution in [3.8, 4) is 22.3 Å². The van der Waals surface area contributed by atoms with Crippen LogP contribution in [0.5, 0.6) is 0 Å². The van der Waals surface area contributed by atoms with E-state index in [-0.39, 0.29) is 5.41 Å². The molecule has 0 bridgehead atoms. The summed E-state index contributed by atoms with van der Waals surface area (Å²) >= 11 is 0. The largest absolute Gasteiger partial charge is 0.0725 e. The minimum atomic E-state index is -0.190. The van der Waals surface area contributed by atoms with Crippen LogP contribution < -0.4 is 0 Å². The van der Waals surface area contributed by atoms with Crippen molar-refractivity contribution in [2.45, 2.75) is 18.8 Å². The lowest BCUT2D eigenvalue weighted by Crippen LogP contribution is -2.25. The van der Waals surface area contributed by atoms with Crippen LogP contribution in [-0.4, -0.2) is 0 Å².